The Morgan fingerprint density at radius 3 is 2.34 bits per heavy atom. The van der Waals surface area contributed by atoms with Crippen LogP contribution in [-0.4, -0.2) is 87.1 Å². The highest BCUT2D eigenvalue weighted by Gasteiger charge is 2.44. The number of β-amino-alcohol motifs (C(OH)–C–C–N with tert-alkyl or cyclic N) is 1. The molecule has 2 heterocycles. The largest absolute Gasteiger partial charge is 0.465 e. The van der Waals surface area contributed by atoms with Gasteiger partial charge in [0.25, 0.3) is 0 Å². The number of rotatable bonds is 13. The molecule has 4 atom stereocenters. The molecule has 12 heteroatoms. The van der Waals surface area contributed by atoms with Gasteiger partial charge in [-0.25, -0.2) is 9.78 Å². The second-order valence-electron chi connectivity index (χ2n) is 12.7. The third-order valence-electron chi connectivity index (χ3n) is 8.03. The molecule has 2 unspecified atom stereocenters. The summed E-state index contributed by atoms with van der Waals surface area (Å²) in [6.07, 6.45) is 1.44. The third-order valence-corrected chi connectivity index (χ3v) is 9.01. The van der Waals surface area contributed by atoms with Crippen LogP contribution >= 0.6 is 11.3 Å². The fraction of sp³-hybridized carbons (Fsp3) is 0.594. The number of aromatic nitrogens is 1. The molecule has 3 rings (SSSR count). The predicted octanol–water partition coefficient (Wildman–Crippen LogP) is 4.35. The number of likely N-dealkylation sites (tertiary alicyclic amines) is 1. The SMILES string of the molecule is Cc1ncsc1-c1ccc(C(C)NC(=O)[C@@H]2C[C@@H](O)CN2C(=O)C(NC(=O)CCCCCCN(C)C(=O)O)C(C)(C)C)cc1. The number of amides is 4. The van der Waals surface area contributed by atoms with E-state index in [2.05, 4.69) is 15.6 Å². The van der Waals surface area contributed by atoms with Crippen molar-refractivity contribution in [1.29, 1.82) is 0 Å². The Hall–Kier alpha value is -3.51. The van der Waals surface area contributed by atoms with Crippen LogP contribution < -0.4 is 10.6 Å². The number of aryl methyl sites for hydroxylation is 1. The number of hydrogen-bond donors (Lipinski definition) is 4. The van der Waals surface area contributed by atoms with E-state index in [1.807, 2.05) is 64.4 Å². The van der Waals surface area contributed by atoms with Gasteiger partial charge in [0.1, 0.15) is 12.1 Å². The minimum absolute atomic E-state index is 0.0153. The topological polar surface area (TPSA) is 152 Å². The molecule has 44 heavy (non-hydrogen) atoms. The summed E-state index contributed by atoms with van der Waals surface area (Å²) in [6.45, 7) is 9.88. The summed E-state index contributed by atoms with van der Waals surface area (Å²) in [6, 6.07) is 5.88. The highest BCUT2D eigenvalue weighted by molar-refractivity contribution is 7.13. The van der Waals surface area contributed by atoms with E-state index in [0.29, 0.717) is 19.4 Å². The molecule has 1 aromatic heterocycles. The molecule has 2 aromatic rings. The average Bonchev–Trinajstić information content (AvgIpc) is 3.57. The molecule has 1 saturated heterocycles. The number of benzene rings is 1. The van der Waals surface area contributed by atoms with Gasteiger partial charge in [0.2, 0.25) is 17.7 Å². The van der Waals surface area contributed by atoms with E-state index in [0.717, 1.165) is 34.5 Å². The van der Waals surface area contributed by atoms with Crippen LogP contribution in [0.4, 0.5) is 4.79 Å². The highest BCUT2D eigenvalue weighted by Crippen LogP contribution is 2.29. The van der Waals surface area contributed by atoms with Crippen LogP contribution in [0.5, 0.6) is 0 Å². The van der Waals surface area contributed by atoms with Crippen LogP contribution in [0.3, 0.4) is 0 Å². The Morgan fingerprint density at radius 2 is 1.75 bits per heavy atom. The van der Waals surface area contributed by atoms with Crippen molar-refractivity contribution in [2.75, 3.05) is 20.1 Å². The summed E-state index contributed by atoms with van der Waals surface area (Å²) < 4.78 is 0. The number of hydrogen-bond acceptors (Lipinski definition) is 7. The van der Waals surface area contributed by atoms with Gasteiger partial charge in [-0.2, -0.15) is 0 Å². The quantitative estimate of drug-likeness (QED) is 0.241. The zero-order valence-corrected chi connectivity index (χ0v) is 27.4. The van der Waals surface area contributed by atoms with E-state index in [9.17, 15) is 24.3 Å². The Balaban J connectivity index is 1.58. The minimum atomic E-state index is -0.963. The van der Waals surface area contributed by atoms with Crippen molar-refractivity contribution in [3.63, 3.8) is 0 Å². The smallest absolute Gasteiger partial charge is 0.407 e. The van der Waals surface area contributed by atoms with Crippen LogP contribution in [-0.2, 0) is 14.4 Å². The van der Waals surface area contributed by atoms with Crippen molar-refractivity contribution in [1.82, 2.24) is 25.4 Å². The van der Waals surface area contributed by atoms with Crippen molar-refractivity contribution >= 4 is 35.2 Å². The van der Waals surface area contributed by atoms with E-state index in [1.165, 1.54) is 16.8 Å². The van der Waals surface area contributed by atoms with Crippen molar-refractivity contribution in [3.05, 3.63) is 41.0 Å². The number of nitrogens with one attached hydrogen (secondary N) is 2. The maximum Gasteiger partial charge on any atom is 0.407 e. The van der Waals surface area contributed by atoms with E-state index in [-0.39, 0.29) is 37.2 Å². The van der Waals surface area contributed by atoms with Gasteiger partial charge < -0.3 is 30.6 Å². The third kappa shape index (κ3) is 9.49. The average molecular weight is 630 g/mol. The zero-order chi connectivity index (χ0) is 32.6. The van der Waals surface area contributed by atoms with E-state index in [1.54, 1.807) is 11.3 Å². The zero-order valence-electron chi connectivity index (χ0n) is 26.6. The lowest BCUT2D eigenvalue weighted by atomic mass is 9.85. The van der Waals surface area contributed by atoms with E-state index < -0.39 is 35.6 Å². The van der Waals surface area contributed by atoms with Crippen molar-refractivity contribution < 1.29 is 29.4 Å². The lowest BCUT2D eigenvalue weighted by molar-refractivity contribution is -0.144. The highest BCUT2D eigenvalue weighted by atomic mass is 32.1. The van der Waals surface area contributed by atoms with Crippen LogP contribution in [0, 0.1) is 12.3 Å². The molecule has 0 spiro atoms. The van der Waals surface area contributed by atoms with Crippen LogP contribution in [0.25, 0.3) is 10.4 Å². The van der Waals surface area contributed by atoms with Gasteiger partial charge in [0, 0.05) is 33.0 Å². The number of carbonyl (C=O) groups is 4. The minimum Gasteiger partial charge on any atom is -0.465 e. The molecule has 242 valence electrons. The van der Waals surface area contributed by atoms with Crippen LogP contribution in [0.15, 0.2) is 29.8 Å². The van der Waals surface area contributed by atoms with Gasteiger partial charge >= 0.3 is 6.09 Å². The standard InChI is InChI=1S/C32H47N5O6S/c1-20(22-12-14-23(15-13-22)27-21(2)33-19-44-27)34-29(40)25-17-24(38)18-37(25)30(41)28(32(3,4)5)35-26(39)11-9-7-8-10-16-36(6)31(42)43/h12-15,19-20,24-25,28,38H,7-11,16-18H2,1-6H3,(H,34,40)(H,35,39)(H,42,43)/t20?,24-,25+,28?/m1/s1. The molecule has 1 aliphatic rings. The number of thiazole rings is 1. The molecule has 1 aliphatic heterocycles. The second kappa shape index (κ2) is 15.5. The number of nitrogens with zero attached hydrogens (tertiary/aromatic N) is 3. The summed E-state index contributed by atoms with van der Waals surface area (Å²) in [5.74, 6) is -0.999. The lowest BCUT2D eigenvalue weighted by Gasteiger charge is -2.35. The predicted molar refractivity (Wildman–Crippen MR) is 170 cm³/mol. The first-order valence-corrected chi connectivity index (χ1v) is 16.1. The van der Waals surface area contributed by atoms with Gasteiger partial charge in [0.05, 0.1) is 28.2 Å². The molecule has 0 radical (unpaired) electrons. The Morgan fingerprint density at radius 1 is 1.09 bits per heavy atom. The van der Waals surface area contributed by atoms with E-state index >= 15 is 0 Å². The van der Waals surface area contributed by atoms with E-state index in [4.69, 9.17) is 5.11 Å². The van der Waals surface area contributed by atoms with Gasteiger partial charge in [0.15, 0.2) is 0 Å². The first-order chi connectivity index (χ1) is 20.7. The lowest BCUT2D eigenvalue weighted by Crippen LogP contribution is -2.57. The second-order valence-corrected chi connectivity index (χ2v) is 13.6. The fourth-order valence-corrected chi connectivity index (χ4v) is 6.14. The number of aliphatic hydroxyl groups is 1. The molecule has 0 aliphatic carbocycles. The first-order valence-electron chi connectivity index (χ1n) is 15.2. The fourth-order valence-electron chi connectivity index (χ4n) is 5.33. The molecule has 4 amide bonds. The number of carboxylic acid groups (broad SMARTS) is 1. The number of carbonyl (C=O) groups excluding carboxylic acids is 3. The Bertz CT molecular complexity index is 1290. The molecule has 0 bridgehead atoms. The Kier molecular flexibility index (Phi) is 12.3. The summed E-state index contributed by atoms with van der Waals surface area (Å²) in [5, 5.41) is 25.3. The van der Waals surface area contributed by atoms with Crippen molar-refractivity contribution in [3.8, 4) is 10.4 Å². The summed E-state index contributed by atoms with van der Waals surface area (Å²) in [4.78, 5) is 59.0. The molecule has 1 fully saturated rings. The molecular weight excluding hydrogens is 582 g/mol. The van der Waals surface area contributed by atoms with Gasteiger partial charge in [-0.15, -0.1) is 11.3 Å². The van der Waals surface area contributed by atoms with Crippen LogP contribution in [0.1, 0.15) is 83.5 Å². The summed E-state index contributed by atoms with van der Waals surface area (Å²) in [7, 11) is 1.53. The van der Waals surface area contributed by atoms with Crippen LogP contribution in [0.2, 0.25) is 0 Å². The monoisotopic (exact) mass is 629 g/mol. The summed E-state index contributed by atoms with van der Waals surface area (Å²) in [5.41, 5.74) is 4.12. The van der Waals surface area contributed by atoms with Gasteiger partial charge in [-0.05, 0) is 43.2 Å². The maximum absolute atomic E-state index is 13.8. The maximum atomic E-state index is 13.8. The van der Waals surface area contributed by atoms with Gasteiger partial charge in [-0.3, -0.25) is 14.4 Å². The van der Waals surface area contributed by atoms with Crippen molar-refractivity contribution in [2.24, 2.45) is 5.41 Å². The Labute approximate surface area is 264 Å². The van der Waals surface area contributed by atoms with Crippen molar-refractivity contribution in [2.45, 2.75) is 97.4 Å². The molecule has 11 nitrogen and oxygen atoms in total. The first kappa shape index (κ1) is 35.0. The summed E-state index contributed by atoms with van der Waals surface area (Å²) >= 11 is 1.58. The molecular formula is C32H47N5O6S. The van der Waals surface area contributed by atoms with Gasteiger partial charge in [-0.1, -0.05) is 57.9 Å². The molecule has 1 aromatic carbocycles. The number of unbranched alkanes of at least 4 members (excludes halogenated alkanes) is 3. The number of aliphatic hydroxyl groups excluding tert-OH is 1. The normalized spacial score (nSPS) is 18.0. The molecule has 0 saturated carbocycles. The molecule has 4 N–H and O–H groups in total.